The fourth-order valence-corrected chi connectivity index (χ4v) is 3.69. The number of rotatable bonds is 6. The van der Waals surface area contributed by atoms with Crippen molar-refractivity contribution < 1.29 is 9.59 Å². The number of hydrogen-bond acceptors (Lipinski definition) is 4. The summed E-state index contributed by atoms with van der Waals surface area (Å²) in [5.74, 6) is 0.599. The van der Waals surface area contributed by atoms with E-state index >= 15 is 0 Å². The molecule has 1 saturated heterocycles. The second-order valence-corrected chi connectivity index (χ2v) is 7.74. The van der Waals surface area contributed by atoms with Gasteiger partial charge in [0.05, 0.1) is 12.6 Å². The minimum Gasteiger partial charge on any atom is -0.352 e. The fraction of sp³-hybridized carbons (Fsp3) is 0.889. The summed E-state index contributed by atoms with van der Waals surface area (Å²) in [4.78, 5) is 28.5. The normalized spacial score (nSPS) is 20.1. The predicted octanol–water partition coefficient (Wildman–Crippen LogP) is 1.80. The second kappa shape index (κ2) is 12.8. The number of hydrogen-bond donors (Lipinski definition) is 2. The molecule has 0 aromatic carbocycles. The third kappa shape index (κ3) is 8.42. The largest absolute Gasteiger partial charge is 0.352 e. The second-order valence-electron chi connectivity index (χ2n) is 7.74. The van der Waals surface area contributed by atoms with Crippen LogP contribution in [0.4, 0.5) is 0 Å². The van der Waals surface area contributed by atoms with Gasteiger partial charge in [-0.3, -0.25) is 14.5 Å². The van der Waals surface area contributed by atoms with Crippen LogP contribution in [0.25, 0.3) is 0 Å². The Kier molecular flexibility index (Phi) is 12.5. The van der Waals surface area contributed by atoms with Crippen LogP contribution < -0.4 is 11.1 Å². The molecular weight excluding hydrogens is 375 g/mol. The zero-order valence-electron chi connectivity index (χ0n) is 16.1. The first-order valence-corrected chi connectivity index (χ1v) is 9.51. The molecule has 1 aliphatic carbocycles. The van der Waals surface area contributed by atoms with E-state index in [2.05, 4.69) is 24.1 Å². The van der Waals surface area contributed by atoms with Crippen LogP contribution in [0.5, 0.6) is 0 Å². The summed E-state index contributed by atoms with van der Waals surface area (Å²) in [6.07, 6.45) is 6.69. The summed E-state index contributed by atoms with van der Waals surface area (Å²) in [5.41, 5.74) is 6.00. The van der Waals surface area contributed by atoms with E-state index in [9.17, 15) is 9.59 Å². The van der Waals surface area contributed by atoms with Gasteiger partial charge in [-0.25, -0.2) is 0 Å². The van der Waals surface area contributed by atoms with Gasteiger partial charge in [-0.2, -0.15) is 0 Å². The number of carbonyl (C=O) groups excluding carboxylic acids is 2. The summed E-state index contributed by atoms with van der Waals surface area (Å²) in [7, 11) is 0. The lowest BCUT2D eigenvalue weighted by Gasteiger charge is -2.36. The molecule has 2 rings (SSSR count). The standard InChI is InChI=1S/C18H34N4O2.2ClH/c1-14(2)12-16(19)18(24)22-10-8-21(9-11-22)13-17(23)20-15-6-4-3-5-7-15;;/h14-16H,3-13,19H2,1-2H3,(H,20,23);2*1H/t16-;;/m0../s1. The maximum atomic E-state index is 12.3. The molecule has 154 valence electrons. The Morgan fingerprint density at radius 3 is 2.15 bits per heavy atom. The lowest BCUT2D eigenvalue weighted by atomic mass is 9.95. The number of piperazine rings is 1. The molecule has 0 aromatic heterocycles. The zero-order chi connectivity index (χ0) is 17.5. The van der Waals surface area contributed by atoms with Crippen LogP contribution in [0, 0.1) is 5.92 Å². The van der Waals surface area contributed by atoms with Crippen molar-refractivity contribution in [2.75, 3.05) is 32.7 Å². The van der Waals surface area contributed by atoms with E-state index in [0.29, 0.717) is 31.6 Å². The molecule has 1 saturated carbocycles. The van der Waals surface area contributed by atoms with Crippen LogP contribution in [-0.4, -0.2) is 66.4 Å². The quantitative estimate of drug-likeness (QED) is 0.699. The Hall–Kier alpha value is -0.560. The molecule has 2 amide bonds. The molecule has 3 N–H and O–H groups in total. The number of nitrogens with two attached hydrogens (primary N) is 1. The Morgan fingerprint density at radius 2 is 1.62 bits per heavy atom. The van der Waals surface area contributed by atoms with Crippen molar-refractivity contribution in [1.82, 2.24) is 15.1 Å². The van der Waals surface area contributed by atoms with E-state index in [-0.39, 0.29) is 36.6 Å². The van der Waals surface area contributed by atoms with Gasteiger partial charge in [-0.1, -0.05) is 33.1 Å². The molecule has 0 radical (unpaired) electrons. The van der Waals surface area contributed by atoms with Crippen molar-refractivity contribution in [3.8, 4) is 0 Å². The fourth-order valence-electron chi connectivity index (χ4n) is 3.69. The van der Waals surface area contributed by atoms with Crippen LogP contribution in [0.3, 0.4) is 0 Å². The molecule has 0 bridgehead atoms. The number of carbonyl (C=O) groups is 2. The average Bonchev–Trinajstić information content (AvgIpc) is 2.55. The van der Waals surface area contributed by atoms with Gasteiger partial charge < -0.3 is 16.0 Å². The van der Waals surface area contributed by atoms with Crippen molar-refractivity contribution >= 4 is 36.6 Å². The van der Waals surface area contributed by atoms with Crippen molar-refractivity contribution in [2.24, 2.45) is 11.7 Å². The predicted molar refractivity (Wildman–Crippen MR) is 110 cm³/mol. The molecule has 2 fully saturated rings. The third-order valence-corrected chi connectivity index (χ3v) is 5.06. The first kappa shape index (κ1) is 25.4. The molecule has 0 unspecified atom stereocenters. The van der Waals surface area contributed by atoms with Gasteiger partial charge in [0.25, 0.3) is 0 Å². The van der Waals surface area contributed by atoms with Crippen LogP contribution in [-0.2, 0) is 9.59 Å². The van der Waals surface area contributed by atoms with Gasteiger partial charge in [0, 0.05) is 32.2 Å². The maximum Gasteiger partial charge on any atom is 0.239 e. The van der Waals surface area contributed by atoms with Gasteiger partial charge in [0.2, 0.25) is 11.8 Å². The summed E-state index contributed by atoms with van der Waals surface area (Å²) < 4.78 is 0. The number of nitrogens with one attached hydrogen (secondary N) is 1. The lowest BCUT2D eigenvalue weighted by Crippen LogP contribution is -2.55. The molecule has 8 heteroatoms. The van der Waals surface area contributed by atoms with Crippen LogP contribution in [0.15, 0.2) is 0 Å². The molecule has 1 atom stereocenters. The molecular formula is C18H36Cl2N4O2. The Morgan fingerprint density at radius 1 is 1.04 bits per heavy atom. The van der Waals surface area contributed by atoms with Gasteiger partial charge in [-0.15, -0.1) is 24.8 Å². The van der Waals surface area contributed by atoms with E-state index < -0.39 is 6.04 Å². The van der Waals surface area contributed by atoms with Crippen LogP contribution in [0.2, 0.25) is 0 Å². The first-order valence-electron chi connectivity index (χ1n) is 9.51. The zero-order valence-corrected chi connectivity index (χ0v) is 17.7. The summed E-state index contributed by atoms with van der Waals surface area (Å²) in [5, 5.41) is 3.16. The molecule has 2 aliphatic rings. The average molecular weight is 411 g/mol. The van der Waals surface area contributed by atoms with Crippen molar-refractivity contribution in [2.45, 2.75) is 64.5 Å². The summed E-state index contributed by atoms with van der Waals surface area (Å²) in [6, 6.07) is -0.0331. The smallest absolute Gasteiger partial charge is 0.239 e. The highest BCUT2D eigenvalue weighted by Gasteiger charge is 2.26. The third-order valence-electron chi connectivity index (χ3n) is 5.06. The van der Waals surface area contributed by atoms with Crippen LogP contribution >= 0.6 is 24.8 Å². The Balaban J connectivity index is 0.00000312. The number of amides is 2. The molecule has 0 spiro atoms. The number of halogens is 2. The van der Waals surface area contributed by atoms with E-state index in [0.717, 1.165) is 32.4 Å². The van der Waals surface area contributed by atoms with E-state index in [1.807, 2.05) is 4.90 Å². The van der Waals surface area contributed by atoms with Crippen LogP contribution in [0.1, 0.15) is 52.4 Å². The van der Waals surface area contributed by atoms with Gasteiger partial charge in [-0.05, 0) is 25.2 Å². The highest BCUT2D eigenvalue weighted by molar-refractivity contribution is 5.85. The summed E-state index contributed by atoms with van der Waals surface area (Å²) >= 11 is 0. The van der Waals surface area contributed by atoms with E-state index in [1.165, 1.54) is 19.3 Å². The minimum absolute atomic E-state index is 0. The molecule has 1 aliphatic heterocycles. The highest BCUT2D eigenvalue weighted by atomic mass is 35.5. The van der Waals surface area contributed by atoms with Gasteiger partial charge >= 0.3 is 0 Å². The monoisotopic (exact) mass is 410 g/mol. The van der Waals surface area contributed by atoms with Crippen molar-refractivity contribution in [3.63, 3.8) is 0 Å². The molecule has 6 nitrogen and oxygen atoms in total. The first-order chi connectivity index (χ1) is 11.5. The van der Waals surface area contributed by atoms with Crippen molar-refractivity contribution in [3.05, 3.63) is 0 Å². The summed E-state index contributed by atoms with van der Waals surface area (Å²) in [6.45, 7) is 7.43. The molecule has 0 aromatic rings. The van der Waals surface area contributed by atoms with Gasteiger partial charge in [0.1, 0.15) is 0 Å². The number of nitrogens with zero attached hydrogens (tertiary/aromatic N) is 2. The van der Waals surface area contributed by atoms with E-state index in [1.54, 1.807) is 0 Å². The Labute approximate surface area is 170 Å². The van der Waals surface area contributed by atoms with E-state index in [4.69, 9.17) is 5.73 Å². The SMILES string of the molecule is CC(C)C[C@H](N)C(=O)N1CCN(CC(=O)NC2CCCCC2)CC1.Cl.Cl. The maximum absolute atomic E-state index is 12.3. The topological polar surface area (TPSA) is 78.7 Å². The minimum atomic E-state index is -0.397. The molecule has 26 heavy (non-hydrogen) atoms. The highest BCUT2D eigenvalue weighted by Crippen LogP contribution is 2.17. The molecule has 1 heterocycles. The Bertz CT molecular complexity index is 423. The lowest BCUT2D eigenvalue weighted by molar-refractivity contribution is -0.135. The van der Waals surface area contributed by atoms with Gasteiger partial charge in [0.15, 0.2) is 0 Å². The van der Waals surface area contributed by atoms with Crippen molar-refractivity contribution in [1.29, 1.82) is 0 Å².